The first kappa shape index (κ1) is 14.6. The average Bonchev–Trinajstić information content (AvgIpc) is 2.85. The zero-order valence-corrected chi connectivity index (χ0v) is 12.2. The lowest BCUT2D eigenvalue weighted by Gasteiger charge is -2.21. The molecule has 4 nitrogen and oxygen atoms in total. The molecule has 1 heterocycles. The molecule has 0 amide bonds. The molecule has 0 aromatic carbocycles. The Bertz CT molecular complexity index is 376. The third-order valence-electron chi connectivity index (χ3n) is 3.79. The van der Waals surface area contributed by atoms with Crippen LogP contribution in [0.15, 0.2) is 12.4 Å². The van der Waals surface area contributed by atoms with E-state index in [2.05, 4.69) is 29.3 Å². The van der Waals surface area contributed by atoms with Gasteiger partial charge in [0.05, 0.1) is 6.61 Å². The molecule has 108 valence electrons. The van der Waals surface area contributed by atoms with Gasteiger partial charge in [-0.3, -0.25) is 0 Å². The fourth-order valence-corrected chi connectivity index (χ4v) is 2.75. The summed E-state index contributed by atoms with van der Waals surface area (Å²) >= 11 is 0. The van der Waals surface area contributed by atoms with Crippen molar-refractivity contribution in [2.45, 2.75) is 38.3 Å². The molecule has 0 radical (unpaired) electrons. The summed E-state index contributed by atoms with van der Waals surface area (Å²) in [6, 6.07) is 0.535. The molecule has 1 N–H and O–H groups in total. The molecule has 0 spiro atoms. The highest BCUT2D eigenvalue weighted by molar-refractivity contribution is 5.30. The van der Waals surface area contributed by atoms with Gasteiger partial charge < -0.3 is 19.4 Å². The van der Waals surface area contributed by atoms with Gasteiger partial charge in [0.15, 0.2) is 0 Å². The number of rotatable bonds is 8. The number of aryl methyl sites for hydroxylation is 1. The maximum Gasteiger partial charge on any atom is 0.0645 e. The lowest BCUT2D eigenvalue weighted by atomic mass is 9.91. The molecular weight excluding hydrogens is 240 g/mol. The van der Waals surface area contributed by atoms with E-state index in [9.17, 15) is 0 Å². The summed E-state index contributed by atoms with van der Waals surface area (Å²) in [7, 11) is 3.78. The highest BCUT2D eigenvalue weighted by Gasteiger charge is 2.20. The van der Waals surface area contributed by atoms with E-state index in [4.69, 9.17) is 9.47 Å². The van der Waals surface area contributed by atoms with E-state index < -0.39 is 0 Å². The molecule has 0 saturated carbocycles. The minimum atomic E-state index is 0.535. The lowest BCUT2D eigenvalue weighted by Crippen LogP contribution is -2.20. The van der Waals surface area contributed by atoms with E-state index >= 15 is 0 Å². The number of methoxy groups -OCH3 is 1. The first-order chi connectivity index (χ1) is 9.35. The number of hydrogen-bond donors (Lipinski definition) is 1. The van der Waals surface area contributed by atoms with Gasteiger partial charge in [0.2, 0.25) is 0 Å². The molecule has 1 aliphatic carbocycles. The van der Waals surface area contributed by atoms with E-state index in [0.29, 0.717) is 6.04 Å². The van der Waals surface area contributed by atoms with Crippen LogP contribution in [-0.2, 0) is 22.4 Å². The topological polar surface area (TPSA) is 35.4 Å². The monoisotopic (exact) mass is 266 g/mol. The Morgan fingerprint density at radius 1 is 1.32 bits per heavy atom. The summed E-state index contributed by atoms with van der Waals surface area (Å²) in [6.07, 6.45) is 9.30. The maximum absolute atomic E-state index is 5.61. The maximum atomic E-state index is 5.61. The first-order valence-corrected chi connectivity index (χ1v) is 7.27. The van der Waals surface area contributed by atoms with Gasteiger partial charge in [0, 0.05) is 45.3 Å². The molecule has 0 bridgehead atoms. The van der Waals surface area contributed by atoms with E-state index in [1.54, 1.807) is 7.11 Å². The van der Waals surface area contributed by atoms with E-state index in [1.807, 2.05) is 0 Å². The van der Waals surface area contributed by atoms with Crippen LogP contribution in [-0.4, -0.2) is 38.5 Å². The molecule has 0 aliphatic heterocycles. The van der Waals surface area contributed by atoms with Gasteiger partial charge in [0.1, 0.15) is 0 Å². The van der Waals surface area contributed by atoms with Crippen molar-refractivity contribution in [3.8, 4) is 0 Å². The standard InChI is InChI=1S/C15H26N2O2/c1-16-15-6-3-5-13-11-17(12-14(13)15)7-10-19-9-4-8-18-2/h11-12,15-16H,3-10H2,1-2H3. The van der Waals surface area contributed by atoms with E-state index in [1.165, 1.54) is 30.4 Å². The average molecular weight is 266 g/mol. The number of aromatic nitrogens is 1. The van der Waals surface area contributed by atoms with E-state index in [-0.39, 0.29) is 0 Å². The number of hydrogen-bond acceptors (Lipinski definition) is 3. The molecule has 0 fully saturated rings. The van der Waals surface area contributed by atoms with Crippen molar-refractivity contribution in [1.29, 1.82) is 0 Å². The zero-order valence-electron chi connectivity index (χ0n) is 12.2. The van der Waals surface area contributed by atoms with Crippen LogP contribution in [0, 0.1) is 0 Å². The first-order valence-electron chi connectivity index (χ1n) is 7.27. The summed E-state index contributed by atoms with van der Waals surface area (Å²) in [4.78, 5) is 0. The molecule has 4 heteroatoms. The minimum Gasteiger partial charge on any atom is -0.385 e. The summed E-state index contributed by atoms with van der Waals surface area (Å²) in [5.41, 5.74) is 2.98. The lowest BCUT2D eigenvalue weighted by molar-refractivity contribution is 0.0977. The molecule has 1 atom stereocenters. The minimum absolute atomic E-state index is 0.535. The highest BCUT2D eigenvalue weighted by Crippen LogP contribution is 2.29. The van der Waals surface area contributed by atoms with Crippen LogP contribution in [0.2, 0.25) is 0 Å². The Morgan fingerprint density at radius 3 is 3.00 bits per heavy atom. The molecule has 2 rings (SSSR count). The Kier molecular flexibility index (Phi) is 5.89. The highest BCUT2D eigenvalue weighted by atomic mass is 16.5. The van der Waals surface area contributed by atoms with Crippen LogP contribution in [0.5, 0.6) is 0 Å². The van der Waals surface area contributed by atoms with Crippen molar-refractivity contribution in [3.63, 3.8) is 0 Å². The fourth-order valence-electron chi connectivity index (χ4n) is 2.75. The Hall–Kier alpha value is -0.840. The predicted molar refractivity (Wildman–Crippen MR) is 76.5 cm³/mol. The van der Waals surface area contributed by atoms with Crippen molar-refractivity contribution < 1.29 is 9.47 Å². The van der Waals surface area contributed by atoms with Crippen molar-refractivity contribution in [2.24, 2.45) is 0 Å². The van der Waals surface area contributed by atoms with Crippen molar-refractivity contribution >= 4 is 0 Å². The Balaban J connectivity index is 1.77. The summed E-state index contributed by atoms with van der Waals surface area (Å²) < 4.78 is 12.9. The van der Waals surface area contributed by atoms with Crippen LogP contribution < -0.4 is 5.32 Å². The van der Waals surface area contributed by atoms with Gasteiger partial charge in [-0.25, -0.2) is 0 Å². The molecule has 0 saturated heterocycles. The molecule has 1 aliphatic rings. The molecule has 19 heavy (non-hydrogen) atoms. The van der Waals surface area contributed by atoms with Gasteiger partial charge in [-0.2, -0.15) is 0 Å². The normalized spacial score (nSPS) is 18.5. The zero-order chi connectivity index (χ0) is 13.5. The predicted octanol–water partition coefficient (Wildman–Crippen LogP) is 2.14. The third-order valence-corrected chi connectivity index (χ3v) is 3.79. The second kappa shape index (κ2) is 7.68. The summed E-state index contributed by atoms with van der Waals surface area (Å²) in [5.74, 6) is 0. The van der Waals surface area contributed by atoms with Crippen molar-refractivity contribution in [1.82, 2.24) is 9.88 Å². The third kappa shape index (κ3) is 4.06. The van der Waals surface area contributed by atoms with Gasteiger partial charge in [-0.15, -0.1) is 0 Å². The smallest absolute Gasteiger partial charge is 0.0645 e. The van der Waals surface area contributed by atoms with Gasteiger partial charge >= 0.3 is 0 Å². The van der Waals surface area contributed by atoms with Crippen LogP contribution in [0.3, 0.4) is 0 Å². The van der Waals surface area contributed by atoms with Gasteiger partial charge in [-0.1, -0.05) is 0 Å². The van der Waals surface area contributed by atoms with Gasteiger partial charge in [0.25, 0.3) is 0 Å². The second-order valence-corrected chi connectivity index (χ2v) is 5.17. The largest absolute Gasteiger partial charge is 0.385 e. The van der Waals surface area contributed by atoms with Crippen LogP contribution in [0.4, 0.5) is 0 Å². The summed E-state index contributed by atoms with van der Waals surface area (Å²) in [5, 5.41) is 3.41. The van der Waals surface area contributed by atoms with Crippen molar-refractivity contribution in [2.75, 3.05) is 34.0 Å². The van der Waals surface area contributed by atoms with Crippen LogP contribution in [0.1, 0.15) is 36.4 Å². The Labute approximate surface area is 116 Å². The quantitative estimate of drug-likeness (QED) is 0.732. The fraction of sp³-hybridized carbons (Fsp3) is 0.733. The number of nitrogens with one attached hydrogen (secondary N) is 1. The number of fused-ring (bicyclic) bond motifs is 1. The number of nitrogens with zero attached hydrogens (tertiary/aromatic N) is 1. The molecule has 1 aromatic rings. The van der Waals surface area contributed by atoms with Gasteiger partial charge in [-0.05, 0) is 43.9 Å². The van der Waals surface area contributed by atoms with E-state index in [0.717, 1.165) is 32.8 Å². The van der Waals surface area contributed by atoms with Crippen LogP contribution >= 0.6 is 0 Å². The molecule has 1 unspecified atom stereocenters. The Morgan fingerprint density at radius 2 is 2.21 bits per heavy atom. The second-order valence-electron chi connectivity index (χ2n) is 5.17. The molecular formula is C15H26N2O2. The van der Waals surface area contributed by atoms with Crippen molar-refractivity contribution in [3.05, 3.63) is 23.5 Å². The summed E-state index contributed by atoms with van der Waals surface area (Å²) in [6.45, 7) is 3.29. The SMILES string of the molecule is CNC1CCCc2cn(CCOCCCOC)cc21. The number of ether oxygens (including phenoxy) is 2. The van der Waals surface area contributed by atoms with Crippen LogP contribution in [0.25, 0.3) is 0 Å². The molecule has 1 aromatic heterocycles.